The van der Waals surface area contributed by atoms with Gasteiger partial charge < -0.3 is 9.47 Å². The summed E-state index contributed by atoms with van der Waals surface area (Å²) in [6, 6.07) is 17.7. The number of hydrogen-bond acceptors (Lipinski definition) is 3. The molecule has 1 atom stereocenters. The molecule has 1 aliphatic heterocycles. The Morgan fingerprint density at radius 3 is 2.72 bits per heavy atom. The third-order valence-corrected chi connectivity index (χ3v) is 4.28. The Morgan fingerprint density at radius 1 is 1.16 bits per heavy atom. The van der Waals surface area contributed by atoms with Gasteiger partial charge in [-0.15, -0.1) is 0 Å². The summed E-state index contributed by atoms with van der Waals surface area (Å²) in [5, 5.41) is 0. The Bertz CT molecular complexity index is 727. The van der Waals surface area contributed by atoms with Crippen molar-refractivity contribution in [3.05, 3.63) is 77.9 Å². The first kappa shape index (κ1) is 17.2. The van der Waals surface area contributed by atoms with Crippen LogP contribution in [0.1, 0.15) is 11.1 Å². The number of hydrogen-bond donors (Lipinski definition) is 0. The molecule has 2 aromatic carbocycles. The maximum Gasteiger partial charge on any atom is 0.414 e. The monoisotopic (exact) mass is 337 g/mol. The van der Waals surface area contributed by atoms with Gasteiger partial charge in [0, 0.05) is 13.7 Å². The molecule has 1 heterocycles. The highest BCUT2D eigenvalue weighted by atomic mass is 16.6. The summed E-state index contributed by atoms with van der Waals surface area (Å²) in [6.07, 6.45) is 4.74. The zero-order valence-corrected chi connectivity index (χ0v) is 14.4. The van der Waals surface area contributed by atoms with Gasteiger partial charge in [-0.2, -0.15) is 0 Å². The maximum absolute atomic E-state index is 12.7. The second-order valence-electron chi connectivity index (χ2n) is 6.13. The highest BCUT2D eigenvalue weighted by molar-refractivity contribution is 5.89. The van der Waals surface area contributed by atoms with Gasteiger partial charge in [0.2, 0.25) is 0 Å². The molecule has 2 aromatic rings. The van der Waals surface area contributed by atoms with E-state index in [1.165, 1.54) is 0 Å². The number of amides is 1. The third kappa shape index (κ3) is 4.48. The number of anilines is 1. The molecular weight excluding hydrogens is 314 g/mol. The van der Waals surface area contributed by atoms with E-state index in [4.69, 9.17) is 9.47 Å². The Kier molecular flexibility index (Phi) is 5.86. The molecule has 0 aliphatic carbocycles. The lowest BCUT2D eigenvalue weighted by Crippen LogP contribution is -2.39. The molecule has 1 unspecified atom stereocenters. The molecule has 0 N–H and O–H groups in total. The van der Waals surface area contributed by atoms with Crippen molar-refractivity contribution in [2.24, 2.45) is 5.92 Å². The standard InChI is InChI=1S/C21H23NO3/c1-24-13-7-10-18-14-19-11-5-6-12-20(19)22(15-18)21(23)25-16-17-8-3-2-4-9-17/h2-12,18H,13-16H2,1H3. The second-order valence-corrected chi connectivity index (χ2v) is 6.13. The minimum atomic E-state index is -0.304. The predicted octanol–water partition coefficient (Wildman–Crippen LogP) is 4.20. The van der Waals surface area contributed by atoms with Gasteiger partial charge in [-0.05, 0) is 29.5 Å². The normalized spacial score (nSPS) is 16.7. The van der Waals surface area contributed by atoms with E-state index in [2.05, 4.69) is 12.1 Å². The SMILES string of the molecule is COCC=CC1Cc2ccccc2N(C(=O)OCc2ccccc2)C1. The van der Waals surface area contributed by atoms with Gasteiger partial charge in [-0.25, -0.2) is 4.79 Å². The van der Waals surface area contributed by atoms with E-state index in [1.807, 2.05) is 54.6 Å². The summed E-state index contributed by atoms with van der Waals surface area (Å²) in [4.78, 5) is 14.4. The summed E-state index contributed by atoms with van der Waals surface area (Å²) in [6.45, 7) is 1.48. The molecule has 0 fully saturated rings. The number of methoxy groups -OCH3 is 1. The molecule has 0 spiro atoms. The molecule has 130 valence electrons. The van der Waals surface area contributed by atoms with Crippen LogP contribution in [0.4, 0.5) is 10.5 Å². The highest BCUT2D eigenvalue weighted by Crippen LogP contribution is 2.30. The molecule has 0 saturated heterocycles. The summed E-state index contributed by atoms with van der Waals surface area (Å²) < 4.78 is 10.6. The zero-order valence-electron chi connectivity index (χ0n) is 14.4. The van der Waals surface area contributed by atoms with Gasteiger partial charge in [0.15, 0.2) is 0 Å². The van der Waals surface area contributed by atoms with Gasteiger partial charge in [0.05, 0.1) is 12.3 Å². The van der Waals surface area contributed by atoms with E-state index in [0.717, 1.165) is 23.2 Å². The summed E-state index contributed by atoms with van der Waals surface area (Å²) in [7, 11) is 1.67. The first-order chi connectivity index (χ1) is 12.3. The minimum absolute atomic E-state index is 0.259. The van der Waals surface area contributed by atoms with Crippen LogP contribution in [0.15, 0.2) is 66.7 Å². The van der Waals surface area contributed by atoms with E-state index in [-0.39, 0.29) is 18.6 Å². The van der Waals surface area contributed by atoms with Crippen LogP contribution >= 0.6 is 0 Å². The molecule has 25 heavy (non-hydrogen) atoms. The molecule has 0 radical (unpaired) electrons. The fourth-order valence-corrected chi connectivity index (χ4v) is 3.07. The minimum Gasteiger partial charge on any atom is -0.444 e. The van der Waals surface area contributed by atoms with Gasteiger partial charge in [-0.3, -0.25) is 4.90 Å². The lowest BCUT2D eigenvalue weighted by Gasteiger charge is -2.32. The summed E-state index contributed by atoms with van der Waals surface area (Å²) in [5.74, 6) is 0.259. The molecule has 3 rings (SSSR count). The topological polar surface area (TPSA) is 38.8 Å². The molecule has 1 amide bonds. The van der Waals surface area contributed by atoms with Crippen molar-refractivity contribution in [2.75, 3.05) is 25.2 Å². The van der Waals surface area contributed by atoms with Crippen molar-refractivity contribution in [3.8, 4) is 0 Å². The van der Waals surface area contributed by atoms with Crippen LogP contribution in [0.2, 0.25) is 0 Å². The van der Waals surface area contributed by atoms with Gasteiger partial charge in [0.25, 0.3) is 0 Å². The van der Waals surface area contributed by atoms with Gasteiger partial charge in [-0.1, -0.05) is 60.7 Å². The molecule has 0 bridgehead atoms. The lowest BCUT2D eigenvalue weighted by atomic mass is 9.92. The Hall–Kier alpha value is -2.59. The molecule has 0 aromatic heterocycles. The Morgan fingerprint density at radius 2 is 1.92 bits per heavy atom. The van der Waals surface area contributed by atoms with Crippen LogP contribution in [0.5, 0.6) is 0 Å². The molecule has 4 heteroatoms. The van der Waals surface area contributed by atoms with Crippen molar-refractivity contribution in [1.82, 2.24) is 0 Å². The highest BCUT2D eigenvalue weighted by Gasteiger charge is 2.28. The maximum atomic E-state index is 12.7. The van der Waals surface area contributed by atoms with Crippen molar-refractivity contribution in [1.29, 1.82) is 0 Å². The van der Waals surface area contributed by atoms with Crippen molar-refractivity contribution in [2.45, 2.75) is 13.0 Å². The van der Waals surface area contributed by atoms with Crippen LogP contribution in [0, 0.1) is 5.92 Å². The van der Waals surface area contributed by atoms with Crippen LogP contribution in [0.25, 0.3) is 0 Å². The first-order valence-electron chi connectivity index (χ1n) is 8.49. The number of carbonyl (C=O) groups excluding carboxylic acids is 1. The lowest BCUT2D eigenvalue weighted by molar-refractivity contribution is 0.146. The predicted molar refractivity (Wildman–Crippen MR) is 98.6 cm³/mol. The van der Waals surface area contributed by atoms with E-state index in [1.54, 1.807) is 12.0 Å². The van der Waals surface area contributed by atoms with Crippen LogP contribution in [-0.2, 0) is 22.5 Å². The summed E-state index contributed by atoms with van der Waals surface area (Å²) in [5.41, 5.74) is 3.09. The Balaban J connectivity index is 1.72. The van der Waals surface area contributed by atoms with E-state index in [0.29, 0.717) is 13.2 Å². The third-order valence-electron chi connectivity index (χ3n) is 4.28. The average Bonchev–Trinajstić information content (AvgIpc) is 2.66. The fourth-order valence-electron chi connectivity index (χ4n) is 3.07. The number of rotatable bonds is 5. The number of para-hydroxylation sites is 1. The fraction of sp³-hybridized carbons (Fsp3) is 0.286. The molecule has 1 aliphatic rings. The second kappa shape index (κ2) is 8.49. The molecule has 4 nitrogen and oxygen atoms in total. The quantitative estimate of drug-likeness (QED) is 0.767. The number of fused-ring (bicyclic) bond motifs is 1. The largest absolute Gasteiger partial charge is 0.444 e. The molecule has 0 saturated carbocycles. The van der Waals surface area contributed by atoms with Crippen LogP contribution < -0.4 is 4.90 Å². The number of ether oxygens (including phenoxy) is 2. The van der Waals surface area contributed by atoms with Crippen molar-refractivity contribution < 1.29 is 14.3 Å². The van der Waals surface area contributed by atoms with Crippen molar-refractivity contribution >= 4 is 11.8 Å². The molecular formula is C21H23NO3. The summed E-state index contributed by atoms with van der Waals surface area (Å²) >= 11 is 0. The number of benzene rings is 2. The Labute approximate surface area is 148 Å². The zero-order chi connectivity index (χ0) is 17.5. The van der Waals surface area contributed by atoms with Crippen molar-refractivity contribution in [3.63, 3.8) is 0 Å². The van der Waals surface area contributed by atoms with Crippen LogP contribution in [0.3, 0.4) is 0 Å². The smallest absolute Gasteiger partial charge is 0.414 e. The van der Waals surface area contributed by atoms with Gasteiger partial charge >= 0.3 is 6.09 Å². The number of nitrogens with zero attached hydrogens (tertiary/aromatic N) is 1. The van der Waals surface area contributed by atoms with Crippen LogP contribution in [-0.4, -0.2) is 26.4 Å². The van der Waals surface area contributed by atoms with E-state index < -0.39 is 0 Å². The number of carbonyl (C=O) groups is 1. The van der Waals surface area contributed by atoms with Gasteiger partial charge in [0.1, 0.15) is 6.61 Å². The van der Waals surface area contributed by atoms with E-state index in [9.17, 15) is 4.79 Å². The van der Waals surface area contributed by atoms with E-state index >= 15 is 0 Å². The first-order valence-corrected chi connectivity index (χ1v) is 8.49. The average molecular weight is 337 g/mol.